The third kappa shape index (κ3) is 3.43. The molecule has 1 aromatic rings. The van der Waals surface area contributed by atoms with Crippen molar-refractivity contribution in [2.45, 2.75) is 38.1 Å². The van der Waals surface area contributed by atoms with Crippen LogP contribution in [0.5, 0.6) is 0 Å². The van der Waals surface area contributed by atoms with Crippen molar-refractivity contribution in [3.05, 3.63) is 39.9 Å². The van der Waals surface area contributed by atoms with E-state index in [9.17, 15) is 10.1 Å². The standard InChI is InChI=1S/C13H18N2O2.ClH/c14-13(10-5-2-1-3-6-10)11-7-4-8-12(9-11)15(16)17;/h4,7-10,13H,1-3,5-6,14H2;1H/t13-;/m0./s1. The van der Waals surface area contributed by atoms with Gasteiger partial charge in [0.1, 0.15) is 0 Å². The highest BCUT2D eigenvalue weighted by atomic mass is 35.5. The molecule has 2 rings (SSSR count). The molecule has 0 radical (unpaired) electrons. The molecule has 5 heteroatoms. The Bertz CT molecular complexity index is 406. The van der Waals surface area contributed by atoms with Crippen LogP contribution in [0.4, 0.5) is 5.69 Å². The summed E-state index contributed by atoms with van der Waals surface area (Å²) in [6.07, 6.45) is 6.03. The van der Waals surface area contributed by atoms with E-state index in [1.807, 2.05) is 6.07 Å². The first-order valence-corrected chi connectivity index (χ1v) is 6.18. The number of nitrogens with two attached hydrogens (primary N) is 1. The number of hydrogen-bond acceptors (Lipinski definition) is 3. The Labute approximate surface area is 113 Å². The van der Waals surface area contributed by atoms with E-state index in [0.29, 0.717) is 5.92 Å². The zero-order valence-corrected chi connectivity index (χ0v) is 11.1. The Morgan fingerprint density at radius 1 is 1.28 bits per heavy atom. The minimum Gasteiger partial charge on any atom is -0.324 e. The summed E-state index contributed by atoms with van der Waals surface area (Å²) >= 11 is 0. The van der Waals surface area contributed by atoms with Gasteiger partial charge in [-0.05, 0) is 24.3 Å². The number of rotatable bonds is 3. The first kappa shape index (κ1) is 14.9. The lowest BCUT2D eigenvalue weighted by Gasteiger charge is -2.27. The number of benzene rings is 1. The average Bonchev–Trinajstić information content (AvgIpc) is 2.39. The van der Waals surface area contributed by atoms with Gasteiger partial charge in [0.05, 0.1) is 4.92 Å². The highest BCUT2D eigenvalue weighted by Crippen LogP contribution is 2.33. The molecule has 0 aliphatic heterocycles. The van der Waals surface area contributed by atoms with Gasteiger partial charge in [-0.25, -0.2) is 0 Å². The first-order valence-electron chi connectivity index (χ1n) is 6.18. The summed E-state index contributed by atoms with van der Waals surface area (Å²) in [5.41, 5.74) is 7.24. The van der Waals surface area contributed by atoms with Gasteiger partial charge >= 0.3 is 0 Å². The fourth-order valence-corrected chi connectivity index (χ4v) is 2.61. The van der Waals surface area contributed by atoms with Gasteiger partial charge in [0.15, 0.2) is 0 Å². The lowest BCUT2D eigenvalue weighted by molar-refractivity contribution is -0.384. The van der Waals surface area contributed by atoms with Gasteiger partial charge in [0, 0.05) is 18.2 Å². The number of non-ortho nitro benzene ring substituents is 1. The summed E-state index contributed by atoms with van der Waals surface area (Å²) in [4.78, 5) is 10.4. The van der Waals surface area contributed by atoms with Gasteiger partial charge in [0.2, 0.25) is 0 Å². The molecule has 0 heterocycles. The zero-order valence-electron chi connectivity index (χ0n) is 10.2. The third-order valence-electron chi connectivity index (χ3n) is 3.62. The second kappa shape index (κ2) is 6.71. The SMILES string of the molecule is Cl.N[C@H](c1cccc([N+](=O)[O-])c1)C1CCCCC1. The Kier molecular flexibility index (Phi) is 5.56. The zero-order chi connectivity index (χ0) is 12.3. The Hall–Kier alpha value is -1.13. The molecule has 1 saturated carbocycles. The monoisotopic (exact) mass is 270 g/mol. The van der Waals surface area contributed by atoms with E-state index in [0.717, 1.165) is 18.4 Å². The maximum atomic E-state index is 10.7. The highest BCUT2D eigenvalue weighted by molar-refractivity contribution is 5.85. The van der Waals surface area contributed by atoms with Crippen LogP contribution >= 0.6 is 12.4 Å². The predicted octanol–water partition coefficient (Wildman–Crippen LogP) is 3.60. The Morgan fingerprint density at radius 2 is 1.94 bits per heavy atom. The number of nitrogens with zero attached hydrogens (tertiary/aromatic N) is 1. The summed E-state index contributed by atoms with van der Waals surface area (Å²) in [6.45, 7) is 0. The summed E-state index contributed by atoms with van der Waals surface area (Å²) in [6, 6.07) is 6.67. The van der Waals surface area contributed by atoms with Crippen LogP contribution in [0.25, 0.3) is 0 Å². The topological polar surface area (TPSA) is 69.2 Å². The second-order valence-corrected chi connectivity index (χ2v) is 4.78. The van der Waals surface area contributed by atoms with E-state index in [1.54, 1.807) is 12.1 Å². The van der Waals surface area contributed by atoms with E-state index in [2.05, 4.69) is 0 Å². The molecule has 0 saturated heterocycles. The van der Waals surface area contributed by atoms with Gasteiger partial charge in [0.25, 0.3) is 5.69 Å². The molecule has 0 spiro atoms. The minimum absolute atomic E-state index is 0. The molecule has 1 aromatic carbocycles. The van der Waals surface area contributed by atoms with Crippen LogP contribution in [0, 0.1) is 16.0 Å². The number of halogens is 1. The van der Waals surface area contributed by atoms with Crippen LogP contribution in [-0.2, 0) is 0 Å². The van der Waals surface area contributed by atoms with Crippen molar-refractivity contribution >= 4 is 18.1 Å². The lowest BCUT2D eigenvalue weighted by Crippen LogP contribution is -2.23. The van der Waals surface area contributed by atoms with Crippen LogP contribution in [0.2, 0.25) is 0 Å². The summed E-state index contributed by atoms with van der Waals surface area (Å²) in [5, 5.41) is 10.7. The van der Waals surface area contributed by atoms with Crippen LogP contribution in [-0.4, -0.2) is 4.92 Å². The van der Waals surface area contributed by atoms with Crippen molar-refractivity contribution < 1.29 is 4.92 Å². The van der Waals surface area contributed by atoms with Crippen LogP contribution in [0.1, 0.15) is 43.7 Å². The molecule has 100 valence electrons. The lowest BCUT2D eigenvalue weighted by atomic mass is 9.81. The van der Waals surface area contributed by atoms with Crippen molar-refractivity contribution in [2.75, 3.05) is 0 Å². The first-order chi connectivity index (χ1) is 8.18. The number of hydrogen-bond donors (Lipinski definition) is 1. The molecule has 1 atom stereocenters. The second-order valence-electron chi connectivity index (χ2n) is 4.78. The van der Waals surface area contributed by atoms with Crippen LogP contribution < -0.4 is 5.73 Å². The van der Waals surface area contributed by atoms with Crippen molar-refractivity contribution in [1.82, 2.24) is 0 Å². The smallest absolute Gasteiger partial charge is 0.269 e. The fourth-order valence-electron chi connectivity index (χ4n) is 2.61. The number of nitro groups is 1. The quantitative estimate of drug-likeness (QED) is 0.674. The van der Waals surface area contributed by atoms with Crippen LogP contribution in [0.3, 0.4) is 0 Å². The van der Waals surface area contributed by atoms with E-state index >= 15 is 0 Å². The molecule has 18 heavy (non-hydrogen) atoms. The molecule has 0 aromatic heterocycles. The molecule has 0 unspecified atom stereocenters. The van der Waals surface area contributed by atoms with E-state index in [1.165, 1.54) is 25.3 Å². The van der Waals surface area contributed by atoms with E-state index < -0.39 is 0 Å². The summed E-state index contributed by atoms with van der Waals surface area (Å²) in [7, 11) is 0. The van der Waals surface area contributed by atoms with E-state index in [4.69, 9.17) is 5.73 Å². The Balaban J connectivity index is 0.00000162. The fraction of sp³-hybridized carbons (Fsp3) is 0.538. The molecule has 0 amide bonds. The molecular weight excluding hydrogens is 252 g/mol. The minimum atomic E-state index is -0.364. The van der Waals surface area contributed by atoms with E-state index in [-0.39, 0.29) is 29.1 Å². The van der Waals surface area contributed by atoms with Gasteiger partial charge in [-0.3, -0.25) is 10.1 Å². The summed E-state index contributed by atoms with van der Waals surface area (Å²) in [5.74, 6) is 0.478. The maximum absolute atomic E-state index is 10.7. The molecule has 1 aliphatic carbocycles. The predicted molar refractivity (Wildman–Crippen MR) is 73.8 cm³/mol. The normalized spacial score (nSPS) is 17.8. The van der Waals surface area contributed by atoms with Crippen molar-refractivity contribution in [3.8, 4) is 0 Å². The molecule has 1 aliphatic rings. The maximum Gasteiger partial charge on any atom is 0.269 e. The molecular formula is C13H19ClN2O2. The van der Waals surface area contributed by atoms with Crippen molar-refractivity contribution in [3.63, 3.8) is 0 Å². The van der Waals surface area contributed by atoms with Gasteiger partial charge in [-0.2, -0.15) is 0 Å². The van der Waals surface area contributed by atoms with Crippen LogP contribution in [0.15, 0.2) is 24.3 Å². The average molecular weight is 271 g/mol. The summed E-state index contributed by atoms with van der Waals surface area (Å²) < 4.78 is 0. The third-order valence-corrected chi connectivity index (χ3v) is 3.62. The molecule has 4 nitrogen and oxygen atoms in total. The van der Waals surface area contributed by atoms with Gasteiger partial charge in [-0.1, -0.05) is 31.4 Å². The van der Waals surface area contributed by atoms with Gasteiger partial charge < -0.3 is 5.73 Å². The van der Waals surface area contributed by atoms with Gasteiger partial charge in [-0.15, -0.1) is 12.4 Å². The Morgan fingerprint density at radius 3 is 2.56 bits per heavy atom. The molecule has 1 fully saturated rings. The van der Waals surface area contributed by atoms with Crippen molar-refractivity contribution in [1.29, 1.82) is 0 Å². The molecule has 0 bridgehead atoms. The largest absolute Gasteiger partial charge is 0.324 e. The molecule has 2 N–H and O–H groups in total. The van der Waals surface area contributed by atoms with Crippen molar-refractivity contribution in [2.24, 2.45) is 11.7 Å². The number of nitro benzene ring substituents is 1. The highest BCUT2D eigenvalue weighted by Gasteiger charge is 2.22.